The van der Waals surface area contributed by atoms with E-state index in [4.69, 9.17) is 9.72 Å². The number of aromatic nitrogens is 5. The van der Waals surface area contributed by atoms with Crippen LogP contribution in [0.5, 0.6) is 0 Å². The molecule has 4 aromatic rings. The van der Waals surface area contributed by atoms with E-state index in [1.165, 1.54) is 4.57 Å². The SMILES string of the molecule is CCCCc1nc(CC)n(C2=NCC(OC)C=N2)c(=O)c1Cc1ccc(-c2ccccc2-c2noc(=O)[nH]2)nc1. The van der Waals surface area contributed by atoms with E-state index < -0.39 is 5.76 Å². The van der Waals surface area contributed by atoms with E-state index in [1.54, 1.807) is 19.5 Å². The molecule has 40 heavy (non-hydrogen) atoms. The van der Waals surface area contributed by atoms with Gasteiger partial charge in [-0.15, -0.1) is 0 Å². The molecule has 0 fully saturated rings. The van der Waals surface area contributed by atoms with E-state index in [2.05, 4.69) is 36.6 Å². The molecule has 0 spiro atoms. The minimum Gasteiger partial charge on any atom is -0.374 e. The van der Waals surface area contributed by atoms with E-state index >= 15 is 0 Å². The summed E-state index contributed by atoms with van der Waals surface area (Å²) in [7, 11) is 1.61. The van der Waals surface area contributed by atoms with Crippen molar-refractivity contribution in [3.8, 4) is 22.6 Å². The molecule has 1 atom stereocenters. The Morgan fingerprint density at radius 2 is 1.95 bits per heavy atom. The minimum atomic E-state index is -0.622. The topological polar surface area (TPSA) is 141 Å². The zero-order valence-corrected chi connectivity index (χ0v) is 22.8. The Labute approximate surface area is 230 Å². The number of nitrogens with zero attached hydrogens (tertiary/aromatic N) is 6. The van der Waals surface area contributed by atoms with Crippen LogP contribution >= 0.6 is 0 Å². The first-order chi connectivity index (χ1) is 19.5. The Hall–Kier alpha value is -4.51. The molecule has 0 aliphatic carbocycles. The van der Waals surface area contributed by atoms with Crippen LogP contribution in [0.4, 0.5) is 0 Å². The van der Waals surface area contributed by atoms with Crippen LogP contribution in [0.1, 0.15) is 49.3 Å². The van der Waals surface area contributed by atoms with Crippen LogP contribution in [0.2, 0.25) is 0 Å². The van der Waals surface area contributed by atoms with Crippen LogP contribution in [0, 0.1) is 0 Å². The van der Waals surface area contributed by atoms with E-state index in [1.807, 2.05) is 43.3 Å². The highest BCUT2D eigenvalue weighted by atomic mass is 16.5. The molecule has 0 bridgehead atoms. The van der Waals surface area contributed by atoms with Gasteiger partial charge in [-0.1, -0.05) is 55.8 Å². The number of aliphatic imine (C=N–C) groups is 2. The van der Waals surface area contributed by atoms with Gasteiger partial charge in [-0.3, -0.25) is 19.3 Å². The van der Waals surface area contributed by atoms with Crippen molar-refractivity contribution in [3.63, 3.8) is 0 Å². The summed E-state index contributed by atoms with van der Waals surface area (Å²) < 4.78 is 11.5. The Kier molecular flexibility index (Phi) is 8.20. The number of hydrogen-bond donors (Lipinski definition) is 1. The van der Waals surface area contributed by atoms with Gasteiger partial charge in [-0.25, -0.2) is 24.3 Å². The number of nitrogens with one attached hydrogen (secondary N) is 1. The lowest BCUT2D eigenvalue weighted by Crippen LogP contribution is -2.37. The number of H-pyrrole nitrogens is 1. The standard InChI is InChI=1S/C29H31N7O4/c1-4-6-11-24-22(27(37)36(25(5-2)33-24)28-31-16-19(39-3)17-32-28)14-18-12-13-23(30-15-18)20-9-7-8-10-21(20)26-34-29(38)40-35-26/h7-10,12-13,15-16,19H,4-6,11,14,17H2,1-3H3,(H,34,35,38). The molecule has 0 radical (unpaired) electrons. The number of benzene rings is 1. The van der Waals surface area contributed by atoms with Gasteiger partial charge in [0, 0.05) is 49.1 Å². The minimum absolute atomic E-state index is 0.158. The molecule has 1 aliphatic heterocycles. The molecule has 0 saturated carbocycles. The molecule has 206 valence electrons. The van der Waals surface area contributed by atoms with E-state index in [0.717, 1.165) is 29.7 Å². The third kappa shape index (κ3) is 5.59. The fourth-order valence-electron chi connectivity index (χ4n) is 4.65. The van der Waals surface area contributed by atoms with Crippen LogP contribution in [0.3, 0.4) is 0 Å². The van der Waals surface area contributed by atoms with Gasteiger partial charge >= 0.3 is 5.76 Å². The smallest absolute Gasteiger partial charge is 0.374 e. The molecule has 11 nitrogen and oxygen atoms in total. The van der Waals surface area contributed by atoms with E-state index in [0.29, 0.717) is 60.2 Å². The molecule has 1 N–H and O–H groups in total. The quantitative estimate of drug-likeness (QED) is 0.342. The zero-order valence-electron chi connectivity index (χ0n) is 22.8. The molecule has 11 heteroatoms. The maximum atomic E-state index is 14.0. The van der Waals surface area contributed by atoms with Crippen molar-refractivity contribution in [1.29, 1.82) is 0 Å². The average Bonchev–Trinajstić information content (AvgIpc) is 3.43. The summed E-state index contributed by atoms with van der Waals surface area (Å²) in [6.07, 6.45) is 6.81. The van der Waals surface area contributed by atoms with Gasteiger partial charge < -0.3 is 4.74 Å². The first-order valence-corrected chi connectivity index (χ1v) is 13.4. The number of unbranched alkanes of at least 4 members (excludes halogenated alkanes) is 1. The zero-order chi connectivity index (χ0) is 28.1. The molecule has 1 aromatic carbocycles. The van der Waals surface area contributed by atoms with Gasteiger partial charge in [0.2, 0.25) is 5.96 Å². The Morgan fingerprint density at radius 3 is 2.58 bits per heavy atom. The molecular formula is C29H31N7O4. The molecular weight excluding hydrogens is 510 g/mol. The number of pyridine rings is 1. The van der Waals surface area contributed by atoms with Crippen LogP contribution in [0.25, 0.3) is 22.6 Å². The summed E-state index contributed by atoms with van der Waals surface area (Å²) in [4.78, 5) is 46.6. The first kappa shape index (κ1) is 27.1. The lowest BCUT2D eigenvalue weighted by Gasteiger charge is -2.19. The van der Waals surface area contributed by atoms with Gasteiger partial charge in [0.15, 0.2) is 5.82 Å². The largest absolute Gasteiger partial charge is 0.439 e. The highest BCUT2D eigenvalue weighted by molar-refractivity contribution is 5.92. The van der Waals surface area contributed by atoms with Crippen molar-refractivity contribution in [2.24, 2.45) is 9.98 Å². The van der Waals surface area contributed by atoms with Crippen LogP contribution in [-0.4, -0.2) is 56.6 Å². The first-order valence-electron chi connectivity index (χ1n) is 13.4. The second kappa shape index (κ2) is 12.1. The highest BCUT2D eigenvalue weighted by Gasteiger charge is 2.21. The lowest BCUT2D eigenvalue weighted by molar-refractivity contribution is 0.165. The van der Waals surface area contributed by atoms with Gasteiger partial charge in [-0.05, 0) is 24.5 Å². The van der Waals surface area contributed by atoms with Crippen LogP contribution in [0.15, 0.2) is 66.7 Å². The van der Waals surface area contributed by atoms with Gasteiger partial charge in [0.05, 0.1) is 17.9 Å². The fourth-order valence-corrected chi connectivity index (χ4v) is 4.65. The van der Waals surface area contributed by atoms with Gasteiger partial charge in [-0.2, -0.15) is 0 Å². The number of rotatable bonds is 9. The molecule has 1 unspecified atom stereocenters. The maximum absolute atomic E-state index is 14.0. The monoisotopic (exact) mass is 541 g/mol. The predicted molar refractivity (Wildman–Crippen MR) is 152 cm³/mol. The van der Waals surface area contributed by atoms with E-state index in [-0.39, 0.29) is 11.7 Å². The molecule has 4 heterocycles. The van der Waals surface area contributed by atoms with Crippen molar-refractivity contribution >= 4 is 12.2 Å². The summed E-state index contributed by atoms with van der Waals surface area (Å²) >= 11 is 0. The van der Waals surface area contributed by atoms with Crippen molar-refractivity contribution < 1.29 is 9.26 Å². The predicted octanol–water partition coefficient (Wildman–Crippen LogP) is 3.45. The van der Waals surface area contributed by atoms with Crippen LogP contribution in [-0.2, 0) is 24.0 Å². The second-order valence-corrected chi connectivity index (χ2v) is 9.46. The summed E-state index contributed by atoms with van der Waals surface area (Å²) in [6.45, 7) is 4.49. The number of methoxy groups -OCH3 is 1. The number of aromatic amines is 1. The molecule has 1 aliphatic rings. The fraction of sp³-hybridized carbons (Fsp3) is 0.345. The molecule has 0 saturated heterocycles. The number of aryl methyl sites for hydroxylation is 2. The third-order valence-corrected chi connectivity index (χ3v) is 6.79. The summed E-state index contributed by atoms with van der Waals surface area (Å²) in [5.41, 5.74) is 4.33. The Morgan fingerprint density at radius 1 is 1.12 bits per heavy atom. The van der Waals surface area contributed by atoms with Crippen molar-refractivity contribution in [1.82, 2.24) is 24.7 Å². The third-order valence-electron chi connectivity index (χ3n) is 6.79. The Balaban J connectivity index is 1.51. The number of hydrogen-bond acceptors (Lipinski definition) is 9. The van der Waals surface area contributed by atoms with Crippen molar-refractivity contribution in [3.05, 3.63) is 86.1 Å². The maximum Gasteiger partial charge on any atom is 0.439 e. The van der Waals surface area contributed by atoms with Crippen LogP contribution < -0.4 is 11.3 Å². The average molecular weight is 542 g/mol. The number of ether oxygens (including phenoxy) is 1. The normalized spacial score (nSPS) is 14.9. The van der Waals surface area contributed by atoms with Crippen molar-refractivity contribution in [2.75, 3.05) is 13.7 Å². The summed E-state index contributed by atoms with van der Waals surface area (Å²) in [5, 5.41) is 3.82. The van der Waals surface area contributed by atoms with E-state index in [9.17, 15) is 9.59 Å². The molecule has 3 aromatic heterocycles. The second-order valence-electron chi connectivity index (χ2n) is 9.46. The molecule has 0 amide bonds. The molecule has 5 rings (SSSR count). The van der Waals surface area contributed by atoms with Crippen molar-refractivity contribution in [2.45, 2.75) is 52.1 Å². The summed E-state index contributed by atoms with van der Waals surface area (Å²) in [5.74, 6) is 0.688. The highest BCUT2D eigenvalue weighted by Crippen LogP contribution is 2.28. The lowest BCUT2D eigenvalue weighted by atomic mass is 10.0. The van der Waals surface area contributed by atoms with Gasteiger partial charge in [0.1, 0.15) is 11.9 Å². The summed E-state index contributed by atoms with van der Waals surface area (Å²) in [6, 6.07) is 11.3. The Bertz CT molecular complexity index is 1660. The van der Waals surface area contributed by atoms with Gasteiger partial charge in [0.25, 0.3) is 5.56 Å².